The number of urea groups is 1. The van der Waals surface area contributed by atoms with Gasteiger partial charge in [-0.15, -0.1) is 0 Å². The molecule has 9 nitrogen and oxygen atoms in total. The monoisotopic (exact) mass is 474 g/mol. The molecule has 0 aromatic heterocycles. The Morgan fingerprint density at radius 1 is 1.06 bits per heavy atom. The second kappa shape index (κ2) is 11.2. The van der Waals surface area contributed by atoms with Crippen molar-refractivity contribution in [2.75, 3.05) is 26.9 Å². The average molecular weight is 475 g/mol. The number of amides is 2. The lowest BCUT2D eigenvalue weighted by Crippen LogP contribution is -2.47. The van der Waals surface area contributed by atoms with Crippen molar-refractivity contribution in [3.8, 4) is 11.5 Å². The molecule has 1 heterocycles. The standard InChI is InChI=1S/C23H23ClN2O7/c1-3-31-22(28)20-17(12-33-19(27)13-32-18-7-5-4-6-16(18)24)25-23(29)26-21(20)14-8-10-15(30-2)11-9-14/h4-11,21H,3,12-13H2,1-2H3,(H2,25,26,29). The van der Waals surface area contributed by atoms with Gasteiger partial charge in [0, 0.05) is 0 Å². The number of carbonyl (C=O) groups excluding carboxylic acids is 3. The van der Waals surface area contributed by atoms with Gasteiger partial charge >= 0.3 is 18.0 Å². The number of para-hydroxylation sites is 1. The van der Waals surface area contributed by atoms with Crippen molar-refractivity contribution in [3.63, 3.8) is 0 Å². The molecule has 1 aliphatic heterocycles. The predicted octanol–water partition coefficient (Wildman–Crippen LogP) is 3.14. The number of esters is 2. The fraction of sp³-hybridized carbons (Fsp3) is 0.261. The molecule has 2 aromatic carbocycles. The van der Waals surface area contributed by atoms with E-state index in [0.717, 1.165) is 0 Å². The van der Waals surface area contributed by atoms with Crippen molar-refractivity contribution in [2.24, 2.45) is 0 Å². The Morgan fingerprint density at radius 2 is 1.79 bits per heavy atom. The minimum absolute atomic E-state index is 0.115. The zero-order chi connectivity index (χ0) is 23.8. The summed E-state index contributed by atoms with van der Waals surface area (Å²) in [5.41, 5.74) is 0.866. The molecule has 2 N–H and O–H groups in total. The van der Waals surface area contributed by atoms with E-state index in [1.54, 1.807) is 55.5 Å². The van der Waals surface area contributed by atoms with Crippen molar-refractivity contribution in [1.82, 2.24) is 10.6 Å². The van der Waals surface area contributed by atoms with E-state index in [1.807, 2.05) is 0 Å². The van der Waals surface area contributed by atoms with Crippen LogP contribution in [0.3, 0.4) is 0 Å². The summed E-state index contributed by atoms with van der Waals surface area (Å²) in [5.74, 6) is -0.408. The van der Waals surface area contributed by atoms with Crippen LogP contribution in [0.15, 0.2) is 59.8 Å². The molecule has 0 fully saturated rings. The van der Waals surface area contributed by atoms with Crippen LogP contribution in [0.25, 0.3) is 0 Å². The van der Waals surface area contributed by atoms with E-state index in [2.05, 4.69) is 10.6 Å². The predicted molar refractivity (Wildman–Crippen MR) is 119 cm³/mol. The summed E-state index contributed by atoms with van der Waals surface area (Å²) in [6.07, 6.45) is 0. The average Bonchev–Trinajstić information content (AvgIpc) is 2.82. The first-order chi connectivity index (χ1) is 15.9. The molecule has 0 spiro atoms. The molecular formula is C23H23ClN2O7. The molecule has 1 aliphatic rings. The number of hydrogen-bond donors (Lipinski definition) is 2. The number of rotatable bonds is 9. The highest BCUT2D eigenvalue weighted by Crippen LogP contribution is 2.29. The van der Waals surface area contributed by atoms with E-state index >= 15 is 0 Å². The van der Waals surface area contributed by atoms with Gasteiger partial charge in [0.15, 0.2) is 6.61 Å². The maximum atomic E-state index is 12.7. The highest BCUT2D eigenvalue weighted by molar-refractivity contribution is 6.32. The summed E-state index contributed by atoms with van der Waals surface area (Å²) >= 11 is 6.00. The maximum absolute atomic E-state index is 12.7. The number of ether oxygens (including phenoxy) is 4. The molecule has 2 amide bonds. The summed E-state index contributed by atoms with van der Waals surface area (Å²) in [5, 5.41) is 5.58. The smallest absolute Gasteiger partial charge is 0.344 e. The van der Waals surface area contributed by atoms with E-state index in [0.29, 0.717) is 22.1 Å². The minimum atomic E-state index is -0.809. The van der Waals surface area contributed by atoms with Crippen molar-refractivity contribution >= 4 is 29.6 Å². The van der Waals surface area contributed by atoms with Gasteiger partial charge in [0.1, 0.15) is 18.1 Å². The van der Waals surface area contributed by atoms with Crippen LogP contribution >= 0.6 is 11.6 Å². The first-order valence-electron chi connectivity index (χ1n) is 10.1. The van der Waals surface area contributed by atoms with Gasteiger partial charge in [-0.25, -0.2) is 14.4 Å². The van der Waals surface area contributed by atoms with Crippen LogP contribution in [0.5, 0.6) is 11.5 Å². The van der Waals surface area contributed by atoms with E-state index in [9.17, 15) is 14.4 Å². The molecule has 0 saturated heterocycles. The second-order valence-electron chi connectivity index (χ2n) is 6.80. The summed E-state index contributed by atoms with van der Waals surface area (Å²) in [4.78, 5) is 37.2. The first kappa shape index (κ1) is 23.9. The van der Waals surface area contributed by atoms with Crippen molar-refractivity contribution < 1.29 is 33.3 Å². The van der Waals surface area contributed by atoms with Crippen LogP contribution in [0.2, 0.25) is 5.02 Å². The Balaban J connectivity index is 1.78. The molecule has 0 bridgehead atoms. The SMILES string of the molecule is CCOC(=O)C1=C(COC(=O)COc2ccccc2Cl)NC(=O)NC1c1ccc(OC)cc1. The van der Waals surface area contributed by atoms with Crippen LogP contribution in [-0.2, 0) is 19.1 Å². The van der Waals surface area contributed by atoms with Gasteiger partial charge in [-0.1, -0.05) is 35.9 Å². The molecule has 10 heteroatoms. The highest BCUT2D eigenvalue weighted by Gasteiger charge is 2.34. The van der Waals surface area contributed by atoms with Crippen molar-refractivity contribution in [2.45, 2.75) is 13.0 Å². The van der Waals surface area contributed by atoms with E-state index in [-0.39, 0.29) is 24.5 Å². The molecule has 174 valence electrons. The van der Waals surface area contributed by atoms with Crippen molar-refractivity contribution in [1.29, 1.82) is 0 Å². The summed E-state index contributed by atoms with van der Waals surface area (Å²) in [7, 11) is 1.53. The van der Waals surface area contributed by atoms with Crippen molar-refractivity contribution in [3.05, 3.63) is 70.4 Å². The zero-order valence-electron chi connectivity index (χ0n) is 18.1. The zero-order valence-corrected chi connectivity index (χ0v) is 18.8. The second-order valence-corrected chi connectivity index (χ2v) is 7.20. The third kappa shape index (κ3) is 6.17. The lowest BCUT2D eigenvalue weighted by Gasteiger charge is -2.29. The van der Waals surface area contributed by atoms with Gasteiger partial charge in [-0.3, -0.25) is 0 Å². The maximum Gasteiger partial charge on any atom is 0.344 e. The fourth-order valence-electron chi connectivity index (χ4n) is 3.12. The minimum Gasteiger partial charge on any atom is -0.497 e. The van der Waals surface area contributed by atoms with Gasteiger partial charge < -0.3 is 29.6 Å². The Morgan fingerprint density at radius 3 is 2.45 bits per heavy atom. The van der Waals surface area contributed by atoms with Gasteiger partial charge in [0.05, 0.1) is 36.1 Å². The molecule has 1 unspecified atom stereocenters. The largest absolute Gasteiger partial charge is 0.497 e. The fourth-order valence-corrected chi connectivity index (χ4v) is 3.31. The van der Waals surface area contributed by atoms with Crippen LogP contribution < -0.4 is 20.1 Å². The van der Waals surface area contributed by atoms with Gasteiger partial charge in [0.25, 0.3) is 0 Å². The molecule has 0 aliphatic carbocycles. The molecule has 0 radical (unpaired) electrons. The number of methoxy groups -OCH3 is 1. The molecule has 1 atom stereocenters. The van der Waals surface area contributed by atoms with Gasteiger partial charge in [-0.05, 0) is 36.8 Å². The summed E-state index contributed by atoms with van der Waals surface area (Å²) in [6.45, 7) is 1.03. The van der Waals surface area contributed by atoms with E-state index in [4.69, 9.17) is 30.5 Å². The van der Waals surface area contributed by atoms with Crippen LogP contribution in [0.1, 0.15) is 18.5 Å². The lowest BCUT2D eigenvalue weighted by molar-refractivity contribution is -0.145. The number of halogens is 1. The Labute approximate surface area is 195 Å². The van der Waals surface area contributed by atoms with Crippen LogP contribution in [-0.4, -0.2) is 44.9 Å². The molecule has 2 aromatic rings. The number of benzene rings is 2. The third-order valence-corrected chi connectivity index (χ3v) is 4.97. The molecule has 33 heavy (non-hydrogen) atoms. The van der Waals surface area contributed by atoms with Crippen LogP contribution in [0.4, 0.5) is 4.79 Å². The number of hydrogen-bond acceptors (Lipinski definition) is 7. The number of carbonyl (C=O) groups is 3. The Bertz CT molecular complexity index is 1050. The summed E-state index contributed by atoms with van der Waals surface area (Å²) in [6, 6.07) is 12.2. The Hall–Kier alpha value is -3.72. The normalized spacial score (nSPS) is 15.2. The molecular weight excluding hydrogens is 452 g/mol. The Kier molecular flexibility index (Phi) is 8.15. The van der Waals surface area contributed by atoms with Gasteiger partial charge in [-0.2, -0.15) is 0 Å². The lowest BCUT2D eigenvalue weighted by atomic mass is 9.95. The van der Waals surface area contributed by atoms with E-state index in [1.165, 1.54) is 7.11 Å². The van der Waals surface area contributed by atoms with Gasteiger partial charge in [0.2, 0.25) is 0 Å². The third-order valence-electron chi connectivity index (χ3n) is 4.66. The quantitative estimate of drug-likeness (QED) is 0.537. The number of nitrogens with one attached hydrogen (secondary N) is 2. The summed E-state index contributed by atoms with van der Waals surface area (Å²) < 4.78 is 20.9. The topological polar surface area (TPSA) is 112 Å². The highest BCUT2D eigenvalue weighted by atomic mass is 35.5. The van der Waals surface area contributed by atoms with Crippen LogP contribution in [0, 0.1) is 0 Å². The molecule has 0 saturated carbocycles. The molecule has 3 rings (SSSR count). The first-order valence-corrected chi connectivity index (χ1v) is 10.4. The van der Waals surface area contributed by atoms with E-state index < -0.39 is 30.6 Å².